The first-order valence-corrected chi connectivity index (χ1v) is 9.51. The number of hydrogen-bond acceptors (Lipinski definition) is 3. The fourth-order valence-electron chi connectivity index (χ4n) is 2.52. The van der Waals surface area contributed by atoms with Gasteiger partial charge >= 0.3 is 0 Å². The van der Waals surface area contributed by atoms with E-state index in [2.05, 4.69) is 11.3 Å². The zero-order valence-corrected chi connectivity index (χ0v) is 15.5. The Morgan fingerprint density at radius 3 is 2.00 bits per heavy atom. The predicted molar refractivity (Wildman–Crippen MR) is 102 cm³/mol. The first kappa shape index (κ1) is 18.9. The third kappa shape index (κ3) is 3.81. The second-order valence-electron chi connectivity index (χ2n) is 6.26. The van der Waals surface area contributed by atoms with Crippen molar-refractivity contribution >= 4 is 15.6 Å². The number of nitrogens with zero attached hydrogens (tertiary/aromatic N) is 1. The summed E-state index contributed by atoms with van der Waals surface area (Å²) in [7, 11) is -3.45. The van der Waals surface area contributed by atoms with Crippen LogP contribution in [-0.4, -0.2) is 15.0 Å². The largest absolute Gasteiger partial charge is 0.220 e. The lowest BCUT2D eigenvalue weighted by atomic mass is 9.97. The van der Waals surface area contributed by atoms with Gasteiger partial charge in [-0.3, -0.25) is 0 Å². The first-order chi connectivity index (χ1) is 11.7. The molecule has 0 fully saturated rings. The molecule has 0 unspecified atom stereocenters. The molecule has 0 aliphatic carbocycles. The van der Waals surface area contributed by atoms with E-state index >= 15 is 0 Å². The van der Waals surface area contributed by atoms with Crippen molar-refractivity contribution < 1.29 is 8.42 Å². The molecule has 0 spiro atoms. The van der Waals surface area contributed by atoms with Crippen molar-refractivity contribution in [1.29, 1.82) is 5.26 Å². The van der Waals surface area contributed by atoms with Crippen molar-refractivity contribution in [3.8, 4) is 17.2 Å². The number of sulfonamides is 1. The normalized spacial score (nSPS) is 11.8. The zero-order chi connectivity index (χ0) is 18.7. The van der Waals surface area contributed by atoms with Gasteiger partial charge in [0.25, 0.3) is 0 Å². The lowest BCUT2D eigenvalue weighted by Crippen LogP contribution is -2.39. The van der Waals surface area contributed by atoms with Gasteiger partial charge in [0.15, 0.2) is 0 Å². The summed E-state index contributed by atoms with van der Waals surface area (Å²) in [6.45, 7) is 9.22. The van der Waals surface area contributed by atoms with Crippen LogP contribution in [0, 0.1) is 11.3 Å². The summed E-state index contributed by atoms with van der Waals surface area (Å²) in [5.74, 6) is 0. The number of nitriles is 1. The third-order valence-corrected chi connectivity index (χ3v) is 6.54. The highest BCUT2D eigenvalue weighted by molar-refractivity contribution is 7.90. The third-order valence-electron chi connectivity index (χ3n) is 4.29. The smallest absolute Gasteiger partial charge is 0.215 e. The van der Waals surface area contributed by atoms with Crippen LogP contribution in [0.5, 0.6) is 0 Å². The van der Waals surface area contributed by atoms with E-state index in [-0.39, 0.29) is 0 Å². The SMILES string of the molecule is C=C(C#N)c1ccc(-c2ccc(C(C)(C)S(=O)(=O)NCC)cc2)cc1. The van der Waals surface area contributed by atoms with Crippen LogP contribution in [0.15, 0.2) is 55.1 Å². The lowest BCUT2D eigenvalue weighted by Gasteiger charge is -2.25. The summed E-state index contributed by atoms with van der Waals surface area (Å²) in [6, 6.07) is 17.1. The summed E-state index contributed by atoms with van der Waals surface area (Å²) < 4.78 is 26.3. The molecule has 5 heteroatoms. The highest BCUT2D eigenvalue weighted by atomic mass is 32.2. The molecule has 130 valence electrons. The van der Waals surface area contributed by atoms with E-state index in [0.717, 1.165) is 22.3 Å². The average Bonchev–Trinajstić information content (AvgIpc) is 2.61. The molecular formula is C20H22N2O2S. The molecule has 2 aromatic rings. The molecule has 0 saturated carbocycles. The Hall–Kier alpha value is -2.42. The Balaban J connectivity index is 2.31. The van der Waals surface area contributed by atoms with Crippen LogP contribution >= 0.6 is 0 Å². The zero-order valence-electron chi connectivity index (χ0n) is 14.7. The summed E-state index contributed by atoms with van der Waals surface area (Å²) in [5.41, 5.74) is 3.92. The monoisotopic (exact) mass is 354 g/mol. The fourth-order valence-corrected chi connectivity index (χ4v) is 3.71. The molecule has 0 heterocycles. The molecule has 0 aromatic heterocycles. The minimum atomic E-state index is -3.45. The highest BCUT2D eigenvalue weighted by Crippen LogP contribution is 2.31. The summed E-state index contributed by atoms with van der Waals surface area (Å²) in [6.07, 6.45) is 0. The van der Waals surface area contributed by atoms with Gasteiger partial charge in [0, 0.05) is 6.54 Å². The summed E-state index contributed by atoms with van der Waals surface area (Å²) in [4.78, 5) is 0. The maximum atomic E-state index is 12.4. The number of nitrogens with one attached hydrogen (secondary N) is 1. The van der Waals surface area contributed by atoms with E-state index in [4.69, 9.17) is 5.26 Å². The predicted octanol–water partition coefficient (Wildman–Crippen LogP) is 4.06. The van der Waals surface area contributed by atoms with Crippen LogP contribution in [0.2, 0.25) is 0 Å². The van der Waals surface area contributed by atoms with Gasteiger partial charge in [-0.05, 0) is 36.1 Å². The van der Waals surface area contributed by atoms with Gasteiger partial charge in [-0.2, -0.15) is 5.26 Å². The first-order valence-electron chi connectivity index (χ1n) is 8.02. The maximum Gasteiger partial charge on any atom is 0.220 e. The van der Waals surface area contributed by atoms with Gasteiger partial charge in [0.05, 0.1) is 11.6 Å². The number of benzene rings is 2. The molecule has 0 amide bonds. The Morgan fingerprint density at radius 1 is 1.08 bits per heavy atom. The summed E-state index contributed by atoms with van der Waals surface area (Å²) in [5, 5.41) is 8.88. The number of hydrogen-bond donors (Lipinski definition) is 1. The Kier molecular flexibility index (Phi) is 5.46. The summed E-state index contributed by atoms with van der Waals surface area (Å²) >= 11 is 0. The van der Waals surface area contributed by atoms with Crippen molar-refractivity contribution in [1.82, 2.24) is 4.72 Å². The molecule has 1 N–H and O–H groups in total. The quantitative estimate of drug-likeness (QED) is 0.795. The van der Waals surface area contributed by atoms with E-state index in [1.807, 2.05) is 54.6 Å². The minimum absolute atomic E-state index is 0.365. The van der Waals surface area contributed by atoms with Crippen molar-refractivity contribution in [2.45, 2.75) is 25.5 Å². The Bertz CT molecular complexity index is 904. The van der Waals surface area contributed by atoms with E-state index in [9.17, 15) is 8.42 Å². The molecule has 25 heavy (non-hydrogen) atoms. The van der Waals surface area contributed by atoms with Crippen molar-refractivity contribution in [2.75, 3.05) is 6.54 Å². The lowest BCUT2D eigenvalue weighted by molar-refractivity contribution is 0.542. The average molecular weight is 354 g/mol. The molecular weight excluding hydrogens is 332 g/mol. The van der Waals surface area contributed by atoms with Crippen LogP contribution in [0.4, 0.5) is 0 Å². The molecule has 0 saturated heterocycles. The maximum absolute atomic E-state index is 12.4. The van der Waals surface area contributed by atoms with Crippen LogP contribution in [0.3, 0.4) is 0 Å². The molecule has 0 radical (unpaired) electrons. The van der Waals surface area contributed by atoms with Crippen LogP contribution in [-0.2, 0) is 14.8 Å². The second-order valence-corrected chi connectivity index (χ2v) is 8.57. The van der Waals surface area contributed by atoms with Crippen molar-refractivity contribution in [2.24, 2.45) is 0 Å². The van der Waals surface area contributed by atoms with Crippen LogP contribution in [0.25, 0.3) is 16.7 Å². The topological polar surface area (TPSA) is 70.0 Å². The molecule has 2 rings (SSSR count). The molecule has 0 atom stereocenters. The second kappa shape index (κ2) is 7.22. The molecule has 0 bridgehead atoms. The van der Waals surface area contributed by atoms with E-state index in [1.165, 1.54) is 0 Å². The van der Waals surface area contributed by atoms with Gasteiger partial charge in [0.2, 0.25) is 10.0 Å². The Morgan fingerprint density at radius 2 is 1.56 bits per heavy atom. The molecule has 0 aliphatic heterocycles. The standard InChI is InChI=1S/C20H22N2O2S/c1-5-22-25(23,24)20(3,4)19-12-10-18(11-13-19)17-8-6-16(7-9-17)15(2)14-21/h6-13,22H,2,5H2,1,3-4H3. The molecule has 2 aromatic carbocycles. The van der Waals surface area contributed by atoms with Crippen molar-refractivity contribution in [3.05, 3.63) is 66.2 Å². The van der Waals surface area contributed by atoms with Gasteiger partial charge in [-0.25, -0.2) is 13.1 Å². The fraction of sp³-hybridized carbons (Fsp3) is 0.250. The minimum Gasteiger partial charge on any atom is -0.215 e. The molecule has 4 nitrogen and oxygen atoms in total. The molecule has 0 aliphatic rings. The number of allylic oxidation sites excluding steroid dienone is 1. The Labute approximate surface area is 149 Å². The van der Waals surface area contributed by atoms with E-state index in [1.54, 1.807) is 20.8 Å². The van der Waals surface area contributed by atoms with E-state index < -0.39 is 14.8 Å². The van der Waals surface area contributed by atoms with Gasteiger partial charge < -0.3 is 0 Å². The van der Waals surface area contributed by atoms with Gasteiger partial charge in [-0.15, -0.1) is 0 Å². The van der Waals surface area contributed by atoms with Gasteiger partial charge in [-0.1, -0.05) is 62.0 Å². The van der Waals surface area contributed by atoms with Gasteiger partial charge in [0.1, 0.15) is 4.75 Å². The van der Waals surface area contributed by atoms with Crippen LogP contribution in [0.1, 0.15) is 31.9 Å². The van der Waals surface area contributed by atoms with E-state index in [0.29, 0.717) is 12.1 Å². The van der Waals surface area contributed by atoms with Crippen LogP contribution < -0.4 is 4.72 Å². The number of rotatable bonds is 6. The van der Waals surface area contributed by atoms with Crippen molar-refractivity contribution in [3.63, 3.8) is 0 Å². The highest BCUT2D eigenvalue weighted by Gasteiger charge is 2.35.